The molecule has 4 rings (SSSR count). The molecule has 1 heterocycles. The van der Waals surface area contributed by atoms with Gasteiger partial charge in [-0.1, -0.05) is 12.1 Å². The second kappa shape index (κ2) is 8.79. The van der Waals surface area contributed by atoms with E-state index in [9.17, 15) is 4.79 Å². The Labute approximate surface area is 179 Å². The van der Waals surface area contributed by atoms with E-state index in [0.29, 0.717) is 22.8 Å². The van der Waals surface area contributed by atoms with Crippen LogP contribution in [0.2, 0.25) is 0 Å². The van der Waals surface area contributed by atoms with Gasteiger partial charge in [0.05, 0.1) is 30.8 Å². The highest BCUT2D eigenvalue weighted by Crippen LogP contribution is 2.28. The van der Waals surface area contributed by atoms with Crippen LogP contribution in [0.25, 0.3) is 11.0 Å². The van der Waals surface area contributed by atoms with Crippen molar-refractivity contribution in [1.29, 1.82) is 0 Å². The number of nitrogens with zero attached hydrogens (tertiary/aromatic N) is 2. The lowest BCUT2D eigenvalue weighted by molar-refractivity contribution is 0.0600. The van der Waals surface area contributed by atoms with Gasteiger partial charge < -0.3 is 23.5 Å². The van der Waals surface area contributed by atoms with E-state index < -0.39 is 5.97 Å². The van der Waals surface area contributed by atoms with Crippen molar-refractivity contribution in [3.63, 3.8) is 0 Å². The van der Waals surface area contributed by atoms with Crippen LogP contribution in [0.3, 0.4) is 0 Å². The van der Waals surface area contributed by atoms with Gasteiger partial charge in [-0.3, -0.25) is 0 Å². The number of rotatable bonds is 7. The SMILES string of the molecule is COC(=O)c1cccc(OCc2nc3ccc(Oc4cccc(OC)c4)cc3n2C)c1. The van der Waals surface area contributed by atoms with Crippen LogP contribution in [0.4, 0.5) is 0 Å². The molecular formula is C24H22N2O5. The van der Waals surface area contributed by atoms with Gasteiger partial charge >= 0.3 is 5.97 Å². The topological polar surface area (TPSA) is 71.8 Å². The van der Waals surface area contributed by atoms with Gasteiger partial charge in [0, 0.05) is 19.2 Å². The number of aryl methyl sites for hydroxylation is 1. The van der Waals surface area contributed by atoms with Crippen LogP contribution in [-0.4, -0.2) is 29.7 Å². The predicted molar refractivity (Wildman–Crippen MR) is 116 cm³/mol. The average Bonchev–Trinajstić information content (AvgIpc) is 3.12. The average molecular weight is 418 g/mol. The van der Waals surface area contributed by atoms with Crippen LogP contribution < -0.4 is 14.2 Å². The molecule has 4 aromatic rings. The summed E-state index contributed by atoms with van der Waals surface area (Å²) >= 11 is 0. The molecular weight excluding hydrogens is 396 g/mol. The monoisotopic (exact) mass is 418 g/mol. The van der Waals surface area contributed by atoms with Gasteiger partial charge in [0.25, 0.3) is 0 Å². The van der Waals surface area contributed by atoms with Crippen molar-refractivity contribution < 1.29 is 23.7 Å². The number of fused-ring (bicyclic) bond motifs is 1. The lowest BCUT2D eigenvalue weighted by Crippen LogP contribution is -2.05. The fourth-order valence-electron chi connectivity index (χ4n) is 3.19. The molecule has 7 heteroatoms. The molecule has 0 N–H and O–H groups in total. The molecule has 0 bridgehead atoms. The van der Waals surface area contributed by atoms with Crippen molar-refractivity contribution in [1.82, 2.24) is 9.55 Å². The minimum Gasteiger partial charge on any atom is -0.497 e. The molecule has 0 radical (unpaired) electrons. The Hall–Kier alpha value is -4.00. The molecule has 0 atom stereocenters. The number of esters is 1. The molecule has 0 spiro atoms. The van der Waals surface area contributed by atoms with E-state index in [1.54, 1.807) is 31.4 Å². The van der Waals surface area contributed by atoms with Gasteiger partial charge in [0.2, 0.25) is 0 Å². The third kappa shape index (κ3) is 4.45. The predicted octanol–water partition coefficient (Wildman–Crippen LogP) is 4.74. The number of benzene rings is 3. The standard InChI is InChI=1S/C24H22N2O5/c1-26-22-14-20(31-19-9-5-7-17(13-19)28-2)10-11-21(22)25-23(26)15-30-18-8-4-6-16(12-18)24(27)29-3/h4-14H,15H2,1-3H3. The first-order valence-electron chi connectivity index (χ1n) is 9.66. The Morgan fingerprint density at radius 3 is 2.45 bits per heavy atom. The van der Waals surface area contributed by atoms with Crippen molar-refractivity contribution >= 4 is 17.0 Å². The number of ether oxygens (including phenoxy) is 4. The summed E-state index contributed by atoms with van der Waals surface area (Å²) in [6.07, 6.45) is 0. The molecule has 0 aliphatic heterocycles. The molecule has 0 aliphatic rings. The van der Waals surface area contributed by atoms with Crippen LogP contribution in [0.1, 0.15) is 16.2 Å². The van der Waals surface area contributed by atoms with Crippen LogP contribution >= 0.6 is 0 Å². The van der Waals surface area contributed by atoms with E-state index in [4.69, 9.17) is 18.9 Å². The fraction of sp³-hybridized carbons (Fsp3) is 0.167. The van der Waals surface area contributed by atoms with Gasteiger partial charge in [-0.15, -0.1) is 0 Å². The molecule has 1 aromatic heterocycles. The molecule has 0 aliphatic carbocycles. The molecule has 31 heavy (non-hydrogen) atoms. The summed E-state index contributed by atoms with van der Waals surface area (Å²) in [5, 5.41) is 0. The van der Waals surface area contributed by atoms with Crippen molar-refractivity contribution in [3.8, 4) is 23.0 Å². The summed E-state index contributed by atoms with van der Waals surface area (Å²) < 4.78 is 23.8. The van der Waals surface area contributed by atoms with Crippen LogP contribution in [-0.2, 0) is 18.4 Å². The van der Waals surface area contributed by atoms with Gasteiger partial charge in [-0.25, -0.2) is 9.78 Å². The highest BCUT2D eigenvalue weighted by Gasteiger charge is 2.11. The Bertz CT molecular complexity index is 1230. The van der Waals surface area contributed by atoms with Crippen LogP contribution in [0.5, 0.6) is 23.0 Å². The van der Waals surface area contributed by atoms with Crippen LogP contribution in [0.15, 0.2) is 66.7 Å². The van der Waals surface area contributed by atoms with E-state index in [1.807, 2.05) is 54.1 Å². The van der Waals surface area contributed by atoms with Crippen molar-refractivity contribution in [2.24, 2.45) is 7.05 Å². The first-order valence-corrected chi connectivity index (χ1v) is 9.66. The maximum absolute atomic E-state index is 11.7. The highest BCUT2D eigenvalue weighted by molar-refractivity contribution is 5.89. The second-order valence-corrected chi connectivity index (χ2v) is 6.83. The summed E-state index contributed by atoms with van der Waals surface area (Å²) in [5.41, 5.74) is 2.19. The molecule has 158 valence electrons. The van der Waals surface area contributed by atoms with Crippen molar-refractivity contribution in [2.75, 3.05) is 14.2 Å². The zero-order valence-corrected chi connectivity index (χ0v) is 17.5. The third-order valence-electron chi connectivity index (χ3n) is 4.84. The third-order valence-corrected chi connectivity index (χ3v) is 4.84. The number of imidazole rings is 1. The normalized spacial score (nSPS) is 10.7. The van der Waals surface area contributed by atoms with Gasteiger partial charge in [0.15, 0.2) is 0 Å². The highest BCUT2D eigenvalue weighted by atomic mass is 16.5. The summed E-state index contributed by atoms with van der Waals surface area (Å²) in [4.78, 5) is 16.3. The Morgan fingerprint density at radius 2 is 1.65 bits per heavy atom. The van der Waals surface area contributed by atoms with Crippen molar-refractivity contribution in [3.05, 3.63) is 78.1 Å². The summed E-state index contributed by atoms with van der Waals surface area (Å²) in [6.45, 7) is 0.252. The zero-order valence-electron chi connectivity index (χ0n) is 17.5. The van der Waals surface area contributed by atoms with E-state index in [-0.39, 0.29) is 6.61 Å². The lowest BCUT2D eigenvalue weighted by Gasteiger charge is -2.08. The summed E-state index contributed by atoms with van der Waals surface area (Å²) in [7, 11) is 4.89. The first kappa shape index (κ1) is 20.3. The largest absolute Gasteiger partial charge is 0.497 e. The van der Waals surface area contributed by atoms with E-state index in [0.717, 1.165) is 22.6 Å². The fourth-order valence-corrected chi connectivity index (χ4v) is 3.19. The van der Waals surface area contributed by atoms with E-state index in [1.165, 1.54) is 7.11 Å². The van der Waals surface area contributed by atoms with Gasteiger partial charge in [0.1, 0.15) is 35.4 Å². The maximum Gasteiger partial charge on any atom is 0.337 e. The molecule has 0 fully saturated rings. The summed E-state index contributed by atoms with van der Waals surface area (Å²) in [6, 6.07) is 20.0. The first-order chi connectivity index (χ1) is 15.1. The number of hydrogen-bond acceptors (Lipinski definition) is 6. The zero-order chi connectivity index (χ0) is 21.8. The number of methoxy groups -OCH3 is 2. The molecule has 0 saturated heterocycles. The molecule has 7 nitrogen and oxygen atoms in total. The van der Waals surface area contributed by atoms with E-state index >= 15 is 0 Å². The Morgan fingerprint density at radius 1 is 0.903 bits per heavy atom. The number of hydrogen-bond donors (Lipinski definition) is 0. The molecule has 3 aromatic carbocycles. The van der Waals surface area contributed by atoms with Gasteiger partial charge in [-0.2, -0.15) is 0 Å². The van der Waals surface area contributed by atoms with E-state index in [2.05, 4.69) is 4.98 Å². The Balaban J connectivity index is 1.52. The molecule has 0 amide bonds. The minimum atomic E-state index is -0.406. The smallest absolute Gasteiger partial charge is 0.337 e. The number of aromatic nitrogens is 2. The molecule has 0 saturated carbocycles. The van der Waals surface area contributed by atoms with Gasteiger partial charge in [-0.05, 0) is 42.5 Å². The minimum absolute atomic E-state index is 0.252. The second-order valence-electron chi connectivity index (χ2n) is 6.83. The maximum atomic E-state index is 11.7. The quantitative estimate of drug-likeness (QED) is 0.404. The molecule has 0 unspecified atom stereocenters. The summed E-state index contributed by atoms with van der Waals surface area (Å²) in [5.74, 6) is 3.03. The van der Waals surface area contributed by atoms with Crippen molar-refractivity contribution in [2.45, 2.75) is 6.61 Å². The number of carbonyl (C=O) groups excluding carboxylic acids is 1. The lowest BCUT2D eigenvalue weighted by atomic mass is 10.2. The Kier molecular flexibility index (Phi) is 5.75. The number of carbonyl (C=O) groups is 1. The van der Waals surface area contributed by atoms with Crippen LogP contribution in [0, 0.1) is 0 Å².